The molecular formula is C10H11NO3. The molecule has 1 aliphatic rings. The first kappa shape index (κ1) is 8.99. The van der Waals surface area contributed by atoms with E-state index in [9.17, 15) is 9.59 Å². The Kier molecular flexibility index (Phi) is 2.11. The number of H-pyrrole nitrogens is 1. The zero-order valence-electron chi connectivity index (χ0n) is 7.67. The van der Waals surface area contributed by atoms with Gasteiger partial charge in [-0.1, -0.05) is 0 Å². The molecule has 0 atom stereocenters. The van der Waals surface area contributed by atoms with E-state index in [4.69, 9.17) is 5.11 Å². The highest BCUT2D eigenvalue weighted by atomic mass is 16.4. The Balaban J connectivity index is 2.30. The van der Waals surface area contributed by atoms with Crippen molar-refractivity contribution in [1.82, 2.24) is 4.98 Å². The molecule has 0 bridgehead atoms. The molecule has 0 aliphatic heterocycles. The molecule has 0 amide bonds. The normalized spacial score (nSPS) is 15.3. The Morgan fingerprint density at radius 3 is 2.93 bits per heavy atom. The second-order valence-corrected chi connectivity index (χ2v) is 3.53. The molecule has 14 heavy (non-hydrogen) atoms. The van der Waals surface area contributed by atoms with E-state index in [0.29, 0.717) is 17.7 Å². The molecule has 1 aromatic rings. The van der Waals surface area contributed by atoms with E-state index in [1.54, 1.807) is 6.07 Å². The minimum absolute atomic E-state index is 0.0414. The molecule has 2 rings (SSSR count). The number of carboxylic acids is 1. The third-order valence-corrected chi connectivity index (χ3v) is 2.43. The van der Waals surface area contributed by atoms with Crippen LogP contribution in [-0.4, -0.2) is 21.8 Å². The highest BCUT2D eigenvalue weighted by Crippen LogP contribution is 2.21. The molecule has 0 spiro atoms. The number of nitrogens with one attached hydrogen (secondary N) is 1. The largest absolute Gasteiger partial charge is 0.481 e. The van der Waals surface area contributed by atoms with Crippen LogP contribution in [0.1, 0.15) is 34.6 Å². The van der Waals surface area contributed by atoms with Gasteiger partial charge in [0.25, 0.3) is 0 Å². The molecule has 1 aliphatic carbocycles. The van der Waals surface area contributed by atoms with Gasteiger partial charge in [0.05, 0.1) is 6.42 Å². The van der Waals surface area contributed by atoms with Gasteiger partial charge in [-0.15, -0.1) is 0 Å². The number of aromatic nitrogens is 1. The van der Waals surface area contributed by atoms with Crippen molar-refractivity contribution in [3.05, 3.63) is 23.0 Å². The Morgan fingerprint density at radius 1 is 1.50 bits per heavy atom. The van der Waals surface area contributed by atoms with Gasteiger partial charge in [0, 0.05) is 23.4 Å². The lowest BCUT2D eigenvalue weighted by molar-refractivity contribution is -0.136. The molecule has 0 aromatic carbocycles. The van der Waals surface area contributed by atoms with Gasteiger partial charge in [0.2, 0.25) is 0 Å². The highest BCUT2D eigenvalue weighted by molar-refractivity contribution is 5.98. The fraction of sp³-hybridized carbons (Fsp3) is 0.400. The molecule has 1 aromatic heterocycles. The Bertz CT molecular complexity index is 392. The van der Waals surface area contributed by atoms with E-state index in [2.05, 4.69) is 4.98 Å². The van der Waals surface area contributed by atoms with Crippen LogP contribution < -0.4 is 0 Å². The van der Waals surface area contributed by atoms with Crippen LogP contribution in [0.3, 0.4) is 0 Å². The standard InChI is InChI=1S/C10H11NO3/c12-9-3-1-2-8-7(9)4-6(11-8)5-10(13)14/h4,11H,1-3,5H2,(H,13,14). The van der Waals surface area contributed by atoms with Crippen LogP contribution in [0.4, 0.5) is 0 Å². The average Bonchev–Trinajstić information content (AvgIpc) is 2.47. The minimum atomic E-state index is -0.879. The summed E-state index contributed by atoms with van der Waals surface area (Å²) in [6.45, 7) is 0. The van der Waals surface area contributed by atoms with Crippen LogP contribution >= 0.6 is 0 Å². The second kappa shape index (κ2) is 3.29. The molecule has 0 unspecified atom stereocenters. The van der Waals surface area contributed by atoms with E-state index in [1.165, 1.54) is 0 Å². The number of hydrogen-bond donors (Lipinski definition) is 2. The molecule has 4 heteroatoms. The Labute approximate surface area is 80.9 Å². The molecule has 74 valence electrons. The number of aryl methyl sites for hydroxylation is 1. The summed E-state index contributed by atoms with van der Waals surface area (Å²) in [5.41, 5.74) is 2.21. The number of fused-ring (bicyclic) bond motifs is 1. The number of carbonyl (C=O) groups excluding carboxylic acids is 1. The summed E-state index contributed by atoms with van der Waals surface area (Å²) in [7, 11) is 0. The summed E-state index contributed by atoms with van der Waals surface area (Å²) in [4.78, 5) is 24.9. The van der Waals surface area contributed by atoms with Crippen molar-refractivity contribution < 1.29 is 14.7 Å². The van der Waals surface area contributed by atoms with E-state index < -0.39 is 5.97 Å². The highest BCUT2D eigenvalue weighted by Gasteiger charge is 2.20. The smallest absolute Gasteiger partial charge is 0.309 e. The third kappa shape index (κ3) is 1.55. The molecule has 2 N–H and O–H groups in total. The topological polar surface area (TPSA) is 70.2 Å². The van der Waals surface area contributed by atoms with Crippen LogP contribution in [0.15, 0.2) is 6.07 Å². The van der Waals surface area contributed by atoms with Crippen molar-refractivity contribution >= 4 is 11.8 Å². The van der Waals surface area contributed by atoms with Gasteiger partial charge in [-0.2, -0.15) is 0 Å². The molecular weight excluding hydrogens is 182 g/mol. The van der Waals surface area contributed by atoms with E-state index in [0.717, 1.165) is 18.5 Å². The second-order valence-electron chi connectivity index (χ2n) is 3.53. The monoisotopic (exact) mass is 193 g/mol. The number of aromatic amines is 1. The molecule has 4 nitrogen and oxygen atoms in total. The summed E-state index contributed by atoms with van der Waals surface area (Å²) in [6.07, 6.45) is 2.25. The summed E-state index contributed by atoms with van der Waals surface area (Å²) < 4.78 is 0. The number of ketones is 1. The van der Waals surface area contributed by atoms with Crippen molar-refractivity contribution in [2.75, 3.05) is 0 Å². The minimum Gasteiger partial charge on any atom is -0.481 e. The number of rotatable bonds is 2. The fourth-order valence-corrected chi connectivity index (χ4v) is 1.82. The van der Waals surface area contributed by atoms with Crippen LogP contribution in [0.2, 0.25) is 0 Å². The van der Waals surface area contributed by atoms with Crippen molar-refractivity contribution in [2.24, 2.45) is 0 Å². The number of carbonyl (C=O) groups is 2. The van der Waals surface area contributed by atoms with Crippen LogP contribution in [0, 0.1) is 0 Å². The van der Waals surface area contributed by atoms with Crippen molar-refractivity contribution in [3.8, 4) is 0 Å². The first-order valence-electron chi connectivity index (χ1n) is 4.62. The first-order chi connectivity index (χ1) is 6.66. The van der Waals surface area contributed by atoms with Gasteiger partial charge in [-0.3, -0.25) is 9.59 Å². The van der Waals surface area contributed by atoms with Crippen molar-refractivity contribution in [1.29, 1.82) is 0 Å². The van der Waals surface area contributed by atoms with E-state index in [1.807, 2.05) is 0 Å². The van der Waals surface area contributed by atoms with Crippen LogP contribution in [-0.2, 0) is 17.6 Å². The maximum Gasteiger partial charge on any atom is 0.309 e. The summed E-state index contributed by atoms with van der Waals surface area (Å²) in [6, 6.07) is 1.67. The van der Waals surface area contributed by atoms with Crippen molar-refractivity contribution in [3.63, 3.8) is 0 Å². The summed E-state index contributed by atoms with van der Waals surface area (Å²) >= 11 is 0. The summed E-state index contributed by atoms with van der Waals surface area (Å²) in [5, 5.41) is 8.59. The van der Waals surface area contributed by atoms with Gasteiger partial charge >= 0.3 is 5.97 Å². The zero-order valence-corrected chi connectivity index (χ0v) is 7.67. The molecule has 0 radical (unpaired) electrons. The van der Waals surface area contributed by atoms with Crippen molar-refractivity contribution in [2.45, 2.75) is 25.7 Å². The average molecular weight is 193 g/mol. The quantitative estimate of drug-likeness (QED) is 0.740. The van der Waals surface area contributed by atoms with Gasteiger partial charge in [0.1, 0.15) is 0 Å². The molecule has 0 fully saturated rings. The fourth-order valence-electron chi connectivity index (χ4n) is 1.82. The summed E-state index contributed by atoms with van der Waals surface area (Å²) in [5.74, 6) is -0.754. The van der Waals surface area contributed by atoms with Crippen LogP contribution in [0.25, 0.3) is 0 Å². The first-order valence-corrected chi connectivity index (χ1v) is 4.62. The maximum absolute atomic E-state index is 11.4. The van der Waals surface area contributed by atoms with E-state index >= 15 is 0 Å². The number of Topliss-reactive ketones (excluding diaryl/α,β-unsaturated/α-hetero) is 1. The number of hydrogen-bond acceptors (Lipinski definition) is 2. The Morgan fingerprint density at radius 2 is 2.29 bits per heavy atom. The number of carboxylic acid groups (broad SMARTS) is 1. The van der Waals surface area contributed by atoms with Gasteiger partial charge in [-0.25, -0.2) is 0 Å². The zero-order chi connectivity index (χ0) is 10.1. The lowest BCUT2D eigenvalue weighted by Gasteiger charge is -2.08. The third-order valence-electron chi connectivity index (χ3n) is 2.43. The van der Waals surface area contributed by atoms with E-state index in [-0.39, 0.29) is 12.2 Å². The molecule has 0 saturated heterocycles. The Hall–Kier alpha value is -1.58. The maximum atomic E-state index is 11.4. The van der Waals surface area contributed by atoms with Crippen LogP contribution in [0.5, 0.6) is 0 Å². The van der Waals surface area contributed by atoms with Gasteiger partial charge in [-0.05, 0) is 18.9 Å². The predicted octanol–water partition coefficient (Wildman–Crippen LogP) is 1.16. The number of aliphatic carboxylic acids is 1. The van der Waals surface area contributed by atoms with Gasteiger partial charge < -0.3 is 10.1 Å². The SMILES string of the molecule is O=C(O)Cc1cc2c([nH]1)CCCC2=O. The van der Waals surface area contributed by atoms with Gasteiger partial charge in [0.15, 0.2) is 5.78 Å². The lowest BCUT2D eigenvalue weighted by atomic mass is 9.97. The predicted molar refractivity (Wildman–Crippen MR) is 49.4 cm³/mol. The lowest BCUT2D eigenvalue weighted by Crippen LogP contribution is -2.08. The molecule has 0 saturated carbocycles. The molecule has 1 heterocycles.